The van der Waals surface area contributed by atoms with E-state index in [0.29, 0.717) is 0 Å². The second-order valence-corrected chi connectivity index (χ2v) is 6.01. The van der Waals surface area contributed by atoms with Crippen molar-refractivity contribution in [3.63, 3.8) is 0 Å². The first kappa shape index (κ1) is 13.2. The van der Waals surface area contributed by atoms with Crippen molar-refractivity contribution in [2.45, 2.75) is 6.92 Å². The highest BCUT2D eigenvalue weighted by Crippen LogP contribution is 2.19. The number of para-hydroxylation sites is 1. The molecular weight excluding hydrogens is 268 g/mol. The van der Waals surface area contributed by atoms with Crippen LogP contribution >= 0.6 is 11.3 Å². The first-order valence-electron chi connectivity index (χ1n) is 6.88. The molecule has 1 amide bonds. The molecule has 0 unspecified atom stereocenters. The van der Waals surface area contributed by atoms with Crippen molar-refractivity contribution in [2.24, 2.45) is 0 Å². The molecule has 1 saturated heterocycles. The average Bonchev–Trinajstić information content (AvgIpc) is 2.94. The monoisotopic (exact) mass is 286 g/mol. The fraction of sp³-hybridized carbons (Fsp3) is 0.312. The molecule has 1 aromatic carbocycles. The molecule has 0 bridgehead atoms. The van der Waals surface area contributed by atoms with Crippen LogP contribution in [0.15, 0.2) is 41.8 Å². The van der Waals surface area contributed by atoms with Crippen LogP contribution in [0.3, 0.4) is 0 Å². The number of hydrogen-bond acceptors (Lipinski definition) is 3. The van der Waals surface area contributed by atoms with Crippen molar-refractivity contribution in [3.05, 3.63) is 52.2 Å². The predicted molar refractivity (Wildman–Crippen MR) is 83.6 cm³/mol. The highest BCUT2D eigenvalue weighted by Gasteiger charge is 2.22. The van der Waals surface area contributed by atoms with Crippen LogP contribution < -0.4 is 4.90 Å². The van der Waals surface area contributed by atoms with Crippen molar-refractivity contribution >= 4 is 22.9 Å². The van der Waals surface area contributed by atoms with E-state index in [4.69, 9.17) is 0 Å². The van der Waals surface area contributed by atoms with E-state index in [1.54, 1.807) is 11.3 Å². The lowest BCUT2D eigenvalue weighted by molar-refractivity contribution is 0.0751. The van der Waals surface area contributed by atoms with Gasteiger partial charge in [0.25, 0.3) is 5.91 Å². The maximum atomic E-state index is 12.4. The van der Waals surface area contributed by atoms with Gasteiger partial charge >= 0.3 is 0 Å². The van der Waals surface area contributed by atoms with E-state index >= 15 is 0 Å². The van der Waals surface area contributed by atoms with Crippen LogP contribution in [0.2, 0.25) is 0 Å². The number of benzene rings is 1. The summed E-state index contributed by atoms with van der Waals surface area (Å²) in [5.41, 5.74) is 2.41. The summed E-state index contributed by atoms with van der Waals surface area (Å²) in [5, 5.41) is 2.04. The predicted octanol–water partition coefficient (Wildman–Crippen LogP) is 3.02. The van der Waals surface area contributed by atoms with E-state index in [-0.39, 0.29) is 5.91 Å². The molecule has 1 aromatic heterocycles. The number of rotatable bonds is 2. The second kappa shape index (κ2) is 5.67. The smallest absolute Gasteiger partial charge is 0.264 e. The zero-order valence-electron chi connectivity index (χ0n) is 11.6. The maximum absolute atomic E-state index is 12.4. The fourth-order valence-electron chi connectivity index (χ4n) is 2.51. The molecule has 1 fully saturated rings. The third kappa shape index (κ3) is 2.70. The summed E-state index contributed by atoms with van der Waals surface area (Å²) < 4.78 is 0. The van der Waals surface area contributed by atoms with E-state index in [1.807, 2.05) is 29.3 Å². The summed E-state index contributed by atoms with van der Waals surface area (Å²) in [6, 6.07) is 12.4. The third-order valence-electron chi connectivity index (χ3n) is 3.63. The molecule has 2 heterocycles. The molecule has 1 aliphatic rings. The number of aryl methyl sites for hydroxylation is 1. The number of carbonyl (C=O) groups is 1. The Hall–Kier alpha value is -1.81. The molecule has 104 valence electrons. The number of piperazine rings is 1. The molecule has 0 radical (unpaired) electrons. The van der Waals surface area contributed by atoms with E-state index in [9.17, 15) is 4.79 Å². The van der Waals surface area contributed by atoms with Crippen molar-refractivity contribution in [1.29, 1.82) is 0 Å². The molecule has 0 N–H and O–H groups in total. The standard InChI is InChI=1S/C16H18N2OS/c1-13-11-15(20-12-13)16(19)18-9-7-17(8-10-18)14-5-3-2-4-6-14/h2-6,11-12H,7-10H2,1H3. The lowest BCUT2D eigenvalue weighted by Gasteiger charge is -2.36. The minimum Gasteiger partial charge on any atom is -0.368 e. The van der Waals surface area contributed by atoms with Crippen LogP contribution in [0.4, 0.5) is 5.69 Å². The van der Waals surface area contributed by atoms with E-state index in [0.717, 1.165) is 31.1 Å². The molecule has 4 heteroatoms. The van der Waals surface area contributed by atoms with Gasteiger partial charge in [0, 0.05) is 31.9 Å². The average molecular weight is 286 g/mol. The van der Waals surface area contributed by atoms with E-state index < -0.39 is 0 Å². The number of amides is 1. The Morgan fingerprint density at radius 1 is 1.10 bits per heavy atom. The fourth-order valence-corrected chi connectivity index (χ4v) is 3.37. The molecule has 3 rings (SSSR count). The quantitative estimate of drug-likeness (QED) is 0.847. The highest BCUT2D eigenvalue weighted by molar-refractivity contribution is 7.12. The van der Waals surface area contributed by atoms with Crippen LogP contribution in [0, 0.1) is 6.92 Å². The molecule has 3 nitrogen and oxygen atoms in total. The van der Waals surface area contributed by atoms with Gasteiger partial charge in [-0.05, 0) is 36.1 Å². The lowest BCUT2D eigenvalue weighted by Crippen LogP contribution is -2.48. The highest BCUT2D eigenvalue weighted by atomic mass is 32.1. The lowest BCUT2D eigenvalue weighted by atomic mass is 10.2. The van der Waals surface area contributed by atoms with Gasteiger partial charge in [-0.1, -0.05) is 18.2 Å². The summed E-state index contributed by atoms with van der Waals surface area (Å²) in [6.45, 7) is 5.43. The molecule has 2 aromatic rings. The van der Waals surface area contributed by atoms with Crippen molar-refractivity contribution < 1.29 is 4.79 Å². The summed E-state index contributed by atoms with van der Waals surface area (Å²) in [6.07, 6.45) is 0. The largest absolute Gasteiger partial charge is 0.368 e. The molecule has 0 aliphatic carbocycles. The minimum absolute atomic E-state index is 0.177. The third-order valence-corrected chi connectivity index (χ3v) is 4.67. The van der Waals surface area contributed by atoms with Crippen LogP contribution in [0.5, 0.6) is 0 Å². The minimum atomic E-state index is 0.177. The van der Waals surface area contributed by atoms with Gasteiger partial charge in [-0.15, -0.1) is 11.3 Å². The Labute approximate surface area is 123 Å². The first-order chi connectivity index (χ1) is 9.74. The van der Waals surface area contributed by atoms with Crippen molar-refractivity contribution in [3.8, 4) is 0 Å². The Bertz CT molecular complexity index is 586. The molecule has 1 aliphatic heterocycles. The second-order valence-electron chi connectivity index (χ2n) is 5.10. The first-order valence-corrected chi connectivity index (χ1v) is 7.76. The summed E-state index contributed by atoms with van der Waals surface area (Å²) in [4.78, 5) is 17.5. The Kier molecular flexibility index (Phi) is 3.74. The van der Waals surface area contributed by atoms with Gasteiger partial charge < -0.3 is 9.80 Å². The number of hydrogen-bond donors (Lipinski definition) is 0. The summed E-state index contributed by atoms with van der Waals surface area (Å²) in [7, 11) is 0. The zero-order chi connectivity index (χ0) is 13.9. The number of anilines is 1. The Balaban J connectivity index is 1.63. The Morgan fingerprint density at radius 2 is 1.80 bits per heavy atom. The van der Waals surface area contributed by atoms with Gasteiger partial charge in [-0.3, -0.25) is 4.79 Å². The molecular formula is C16H18N2OS. The number of nitrogens with zero attached hydrogens (tertiary/aromatic N) is 2. The number of thiophene rings is 1. The van der Waals surface area contributed by atoms with Gasteiger partial charge in [0.1, 0.15) is 0 Å². The van der Waals surface area contributed by atoms with Gasteiger partial charge in [0.2, 0.25) is 0 Å². The van der Waals surface area contributed by atoms with Crippen LogP contribution in [0.1, 0.15) is 15.2 Å². The normalized spacial score (nSPS) is 15.4. The zero-order valence-corrected chi connectivity index (χ0v) is 12.4. The molecule has 0 spiro atoms. The van der Waals surface area contributed by atoms with Crippen molar-refractivity contribution in [2.75, 3.05) is 31.1 Å². The molecule has 20 heavy (non-hydrogen) atoms. The summed E-state index contributed by atoms with van der Waals surface area (Å²) >= 11 is 1.54. The molecule has 0 atom stereocenters. The van der Waals surface area contributed by atoms with E-state index in [1.165, 1.54) is 11.3 Å². The van der Waals surface area contributed by atoms with Crippen LogP contribution in [-0.2, 0) is 0 Å². The van der Waals surface area contributed by atoms with Crippen LogP contribution in [-0.4, -0.2) is 37.0 Å². The van der Waals surface area contributed by atoms with E-state index in [2.05, 4.69) is 29.2 Å². The SMILES string of the molecule is Cc1csc(C(=O)N2CCN(c3ccccc3)CC2)c1. The van der Waals surface area contributed by atoms with Gasteiger partial charge in [-0.25, -0.2) is 0 Å². The number of carbonyl (C=O) groups excluding carboxylic acids is 1. The molecule has 0 saturated carbocycles. The van der Waals surface area contributed by atoms with Crippen LogP contribution in [0.25, 0.3) is 0 Å². The van der Waals surface area contributed by atoms with Crippen molar-refractivity contribution in [1.82, 2.24) is 4.90 Å². The van der Waals surface area contributed by atoms with Gasteiger partial charge in [0.15, 0.2) is 0 Å². The Morgan fingerprint density at radius 3 is 2.40 bits per heavy atom. The van der Waals surface area contributed by atoms with Gasteiger partial charge in [0.05, 0.1) is 4.88 Å². The maximum Gasteiger partial charge on any atom is 0.264 e. The summed E-state index contributed by atoms with van der Waals surface area (Å²) in [5.74, 6) is 0.177. The topological polar surface area (TPSA) is 23.6 Å². The van der Waals surface area contributed by atoms with Gasteiger partial charge in [-0.2, -0.15) is 0 Å².